The van der Waals surface area contributed by atoms with Crippen LogP contribution in [0.4, 0.5) is 10.1 Å². The molecule has 9 nitrogen and oxygen atoms in total. The van der Waals surface area contributed by atoms with E-state index in [0.717, 1.165) is 75.3 Å². The second-order valence-electron chi connectivity index (χ2n) is 14.4. The maximum atomic E-state index is 14.4. The molecule has 2 amide bonds. The highest BCUT2D eigenvalue weighted by molar-refractivity contribution is 5.98. The Bertz CT molecular complexity index is 1650. The molecule has 3 atom stereocenters. The number of carbonyl (C=O) groups is 2. The first-order chi connectivity index (χ1) is 23.3. The van der Waals surface area contributed by atoms with E-state index >= 15 is 0 Å². The van der Waals surface area contributed by atoms with E-state index < -0.39 is 18.1 Å². The first-order valence-corrected chi connectivity index (χ1v) is 17.9. The summed E-state index contributed by atoms with van der Waals surface area (Å²) >= 11 is 0. The molecule has 3 N–H and O–H groups in total. The molecule has 256 valence electrons. The number of allylic oxidation sites excluding steroid dienone is 3. The zero-order valence-electron chi connectivity index (χ0n) is 27.6. The lowest BCUT2D eigenvalue weighted by molar-refractivity contribution is -0.117. The van der Waals surface area contributed by atoms with Gasteiger partial charge in [-0.3, -0.25) is 14.4 Å². The number of aliphatic hydroxyl groups is 1. The van der Waals surface area contributed by atoms with Crippen molar-refractivity contribution in [1.82, 2.24) is 15.2 Å². The quantitative estimate of drug-likeness (QED) is 0.299. The van der Waals surface area contributed by atoms with E-state index in [0.29, 0.717) is 43.5 Å². The maximum Gasteiger partial charge on any atom is 0.274 e. The summed E-state index contributed by atoms with van der Waals surface area (Å²) in [5.74, 6) is -0.143. The van der Waals surface area contributed by atoms with Crippen LogP contribution in [-0.2, 0) is 4.79 Å². The largest absolute Gasteiger partial charge is 0.487 e. The molecule has 1 aromatic carbocycles. The Labute approximate surface area is 281 Å². The van der Waals surface area contributed by atoms with Gasteiger partial charge in [0.1, 0.15) is 22.9 Å². The van der Waals surface area contributed by atoms with Crippen molar-refractivity contribution in [3.05, 3.63) is 81.6 Å². The number of ether oxygens (including phenoxy) is 1. The molecule has 1 saturated heterocycles. The van der Waals surface area contributed by atoms with Crippen molar-refractivity contribution in [1.29, 1.82) is 0 Å². The van der Waals surface area contributed by atoms with Crippen molar-refractivity contribution < 1.29 is 23.8 Å². The van der Waals surface area contributed by atoms with Crippen LogP contribution in [0.25, 0.3) is 0 Å². The molecule has 2 aliphatic heterocycles. The van der Waals surface area contributed by atoms with Gasteiger partial charge in [-0.1, -0.05) is 36.6 Å². The summed E-state index contributed by atoms with van der Waals surface area (Å²) in [7, 11) is 0. The highest BCUT2D eigenvalue weighted by Crippen LogP contribution is 2.47. The number of nitrogens with zero attached hydrogens (tertiary/aromatic N) is 2. The van der Waals surface area contributed by atoms with Crippen LogP contribution in [0.1, 0.15) is 118 Å². The van der Waals surface area contributed by atoms with E-state index in [9.17, 15) is 23.9 Å². The highest BCUT2D eigenvalue weighted by Gasteiger charge is 2.43. The molecule has 5 aliphatic rings. The number of carbonyl (C=O) groups excluding carboxylic acids is 2. The number of aliphatic hydroxyl groups excluding tert-OH is 1. The molecule has 1 aromatic heterocycles. The summed E-state index contributed by atoms with van der Waals surface area (Å²) in [6, 6.07) is 5.35. The number of anilines is 1. The number of rotatable bonds is 10. The number of fused-ring (bicyclic) bond motifs is 1. The maximum absolute atomic E-state index is 14.4. The van der Waals surface area contributed by atoms with Crippen molar-refractivity contribution >= 4 is 17.5 Å². The van der Waals surface area contributed by atoms with Crippen LogP contribution in [0.15, 0.2) is 59.1 Å². The number of hydrogen-bond donors (Lipinski definition) is 3. The molecule has 2 saturated carbocycles. The molecule has 0 bridgehead atoms. The van der Waals surface area contributed by atoms with E-state index in [1.165, 1.54) is 17.0 Å². The topological polar surface area (TPSA) is 113 Å². The number of pyridine rings is 1. The Balaban J connectivity index is 1.14. The summed E-state index contributed by atoms with van der Waals surface area (Å²) < 4.78 is 22.5. The van der Waals surface area contributed by atoms with Crippen LogP contribution in [0.2, 0.25) is 0 Å². The second-order valence-corrected chi connectivity index (χ2v) is 14.4. The summed E-state index contributed by atoms with van der Waals surface area (Å²) in [5.41, 5.74) is 1.90. The molecule has 48 heavy (non-hydrogen) atoms. The Kier molecular flexibility index (Phi) is 9.56. The molecule has 3 fully saturated rings. The first-order valence-electron chi connectivity index (χ1n) is 17.9. The van der Waals surface area contributed by atoms with Gasteiger partial charge in [0.2, 0.25) is 5.91 Å². The van der Waals surface area contributed by atoms with Gasteiger partial charge in [0.15, 0.2) is 0 Å². The van der Waals surface area contributed by atoms with E-state index in [4.69, 9.17) is 4.74 Å². The van der Waals surface area contributed by atoms with Crippen molar-refractivity contribution in [2.75, 3.05) is 18.0 Å². The van der Waals surface area contributed by atoms with Crippen molar-refractivity contribution in [2.45, 2.75) is 120 Å². The van der Waals surface area contributed by atoms with Gasteiger partial charge in [0.05, 0.1) is 17.7 Å². The first kappa shape index (κ1) is 32.8. The van der Waals surface area contributed by atoms with Gasteiger partial charge in [-0.05, 0) is 88.5 Å². The Morgan fingerprint density at radius 2 is 1.90 bits per heavy atom. The molecular formula is C38H47FN4O5. The van der Waals surface area contributed by atoms with Gasteiger partial charge in [0.25, 0.3) is 11.5 Å². The summed E-state index contributed by atoms with van der Waals surface area (Å²) in [5, 5.41) is 18.4. The molecule has 0 unspecified atom stereocenters. The minimum atomic E-state index is -0.958. The second kappa shape index (κ2) is 14.0. The molecule has 7 rings (SSSR count). The third kappa shape index (κ3) is 6.87. The third-order valence-electron chi connectivity index (χ3n) is 11.1. The predicted octanol–water partition coefficient (Wildman–Crippen LogP) is 5.78. The lowest BCUT2D eigenvalue weighted by Gasteiger charge is -2.41. The van der Waals surface area contributed by atoms with Crippen LogP contribution in [0, 0.1) is 5.82 Å². The van der Waals surface area contributed by atoms with Crippen LogP contribution in [0.5, 0.6) is 5.75 Å². The molecule has 0 radical (unpaired) electrons. The SMILES string of the molecule is O=C(N[C@@H](CC1=CC=CCC1)[C@H](O)CN[C@H]1CC2(CCCC2)Oc2ccc(F)cc21)c1cc(N2CCCC2=O)c(=O)n(C2CCCC2)c1. The molecule has 1 spiro atoms. The monoisotopic (exact) mass is 658 g/mol. The fraction of sp³-hybridized carbons (Fsp3) is 0.553. The number of benzene rings is 1. The van der Waals surface area contributed by atoms with Crippen molar-refractivity contribution in [3.63, 3.8) is 0 Å². The van der Waals surface area contributed by atoms with Crippen molar-refractivity contribution in [3.8, 4) is 5.75 Å². The lowest BCUT2D eigenvalue weighted by Crippen LogP contribution is -2.50. The smallest absolute Gasteiger partial charge is 0.274 e. The van der Waals surface area contributed by atoms with Crippen LogP contribution in [-0.4, -0.2) is 52.3 Å². The number of aromatic nitrogens is 1. The van der Waals surface area contributed by atoms with E-state index in [2.05, 4.69) is 16.7 Å². The highest BCUT2D eigenvalue weighted by atomic mass is 19.1. The fourth-order valence-corrected chi connectivity index (χ4v) is 8.46. The van der Waals surface area contributed by atoms with Gasteiger partial charge in [-0.2, -0.15) is 0 Å². The predicted molar refractivity (Wildman–Crippen MR) is 182 cm³/mol. The average molecular weight is 659 g/mol. The minimum absolute atomic E-state index is 0.0122. The zero-order chi connectivity index (χ0) is 33.3. The summed E-state index contributed by atoms with van der Waals surface area (Å²) in [4.78, 5) is 41.9. The van der Waals surface area contributed by atoms with Crippen LogP contribution >= 0.6 is 0 Å². The zero-order valence-corrected chi connectivity index (χ0v) is 27.6. The number of nitrogens with one attached hydrogen (secondary N) is 2. The van der Waals surface area contributed by atoms with E-state index in [1.54, 1.807) is 22.9 Å². The molecule has 2 aromatic rings. The molecule has 3 aliphatic carbocycles. The van der Waals surface area contributed by atoms with Crippen LogP contribution in [0.3, 0.4) is 0 Å². The Morgan fingerprint density at radius 3 is 2.62 bits per heavy atom. The van der Waals surface area contributed by atoms with Gasteiger partial charge in [0, 0.05) is 49.8 Å². The molecule has 10 heteroatoms. The lowest BCUT2D eigenvalue weighted by atomic mass is 9.85. The molecular weight excluding hydrogens is 611 g/mol. The number of halogens is 1. The minimum Gasteiger partial charge on any atom is -0.487 e. The number of amides is 2. The fourth-order valence-electron chi connectivity index (χ4n) is 8.46. The average Bonchev–Trinajstić information content (AvgIpc) is 3.88. The van der Waals surface area contributed by atoms with Gasteiger partial charge < -0.3 is 29.9 Å². The summed E-state index contributed by atoms with van der Waals surface area (Å²) in [6.45, 7) is 0.638. The van der Waals surface area contributed by atoms with Gasteiger partial charge >= 0.3 is 0 Å². The third-order valence-corrected chi connectivity index (χ3v) is 11.1. The van der Waals surface area contributed by atoms with E-state index in [1.807, 2.05) is 12.2 Å². The standard InChI is InChI=1S/C38H47FN4O5/c39-27-14-15-34-29(21-27)31(22-38(48-34)16-6-7-17-38)40-23-33(44)30(19-25-9-2-1-3-10-25)41-36(46)26-20-32(42-18-8-13-35(42)45)37(47)43(24-26)28-11-4-5-12-28/h1-2,9,14-15,20-21,24,28,30-31,33,40,44H,3-8,10-13,16-19,22-23H2,(H,41,46)/t30-,31-,33+/m0/s1. The Hall–Kier alpha value is -3.76. The van der Waals surface area contributed by atoms with Gasteiger partial charge in [-0.25, -0.2) is 4.39 Å². The Morgan fingerprint density at radius 1 is 1.08 bits per heavy atom. The van der Waals surface area contributed by atoms with E-state index in [-0.39, 0.29) is 47.2 Å². The normalized spacial score (nSPS) is 23.2. The van der Waals surface area contributed by atoms with Gasteiger partial charge in [-0.15, -0.1) is 0 Å². The molecule has 3 heterocycles. The van der Waals surface area contributed by atoms with Crippen molar-refractivity contribution in [2.24, 2.45) is 0 Å². The van der Waals surface area contributed by atoms with Crippen LogP contribution < -0.4 is 25.8 Å². The summed E-state index contributed by atoms with van der Waals surface area (Å²) in [6.07, 6.45) is 18.6. The number of hydrogen-bond acceptors (Lipinski definition) is 6.